The largest absolute Gasteiger partial charge is 0.456 e. The molecule has 236 valence electrons. The molecule has 0 saturated carbocycles. The van der Waals surface area contributed by atoms with Crippen molar-refractivity contribution in [2.75, 3.05) is 0 Å². The van der Waals surface area contributed by atoms with Crippen LogP contribution in [0.4, 0.5) is 0 Å². The van der Waals surface area contributed by atoms with E-state index in [9.17, 15) is 0 Å². The highest BCUT2D eigenvalue weighted by Crippen LogP contribution is 2.63. The zero-order chi connectivity index (χ0) is 33.3. The summed E-state index contributed by atoms with van der Waals surface area (Å²) in [4.78, 5) is 0. The molecule has 1 spiro atoms. The topological polar surface area (TPSA) is 18.1 Å². The van der Waals surface area contributed by atoms with Crippen LogP contribution in [-0.2, 0) is 5.41 Å². The summed E-state index contributed by atoms with van der Waals surface area (Å²) in [6.45, 7) is 0. The van der Waals surface area contributed by atoms with Gasteiger partial charge in [0.1, 0.15) is 11.2 Å². The Hall–Kier alpha value is -6.64. The van der Waals surface area contributed by atoms with Crippen LogP contribution in [0.2, 0.25) is 0 Å². The van der Waals surface area contributed by atoms with E-state index in [1.807, 2.05) is 6.07 Å². The average Bonchev–Trinajstić information content (AvgIpc) is 3.90. The first-order chi connectivity index (χ1) is 25.3. The highest BCUT2D eigenvalue weighted by atomic mass is 16.3. The number of furan rings is 1. The Balaban J connectivity index is 1.07. The predicted molar refractivity (Wildman–Crippen MR) is 210 cm³/mol. The molecule has 8 aromatic carbocycles. The highest BCUT2D eigenvalue weighted by Gasteiger charge is 2.51. The van der Waals surface area contributed by atoms with E-state index in [2.05, 4.69) is 174 Å². The van der Waals surface area contributed by atoms with Crippen molar-refractivity contribution in [1.29, 1.82) is 0 Å². The maximum atomic E-state index is 6.32. The molecule has 0 fully saturated rings. The zero-order valence-corrected chi connectivity index (χ0v) is 27.6. The summed E-state index contributed by atoms with van der Waals surface area (Å²) in [7, 11) is 0. The van der Waals surface area contributed by atoms with Gasteiger partial charge in [-0.15, -0.1) is 0 Å². The first-order valence-electron chi connectivity index (χ1n) is 17.7. The van der Waals surface area contributed by atoms with E-state index in [1.54, 1.807) is 0 Å². The second-order valence-electron chi connectivity index (χ2n) is 14.0. The van der Waals surface area contributed by atoms with Crippen molar-refractivity contribution in [2.45, 2.75) is 5.41 Å². The number of nitrogens with zero attached hydrogens (tertiary/aromatic N) is 1. The van der Waals surface area contributed by atoms with Gasteiger partial charge < -0.3 is 8.98 Å². The van der Waals surface area contributed by atoms with Crippen LogP contribution in [0.3, 0.4) is 0 Å². The molecule has 0 radical (unpaired) electrons. The number of hydrogen-bond donors (Lipinski definition) is 0. The van der Waals surface area contributed by atoms with Crippen molar-refractivity contribution in [3.63, 3.8) is 0 Å². The standard InChI is InChI=1S/C49H29NO/c1-6-18-40-33(12-1)34-13-2-7-19-41(34)49(40)42-20-8-3-16-37(42)48-32(17-11-21-43(48)49)30-24-26-31(27-25-30)50-44-22-9-4-14-35(44)38-29-47-39(28-45(38)50)36-15-5-10-23-46(36)51-47/h1-29H. The van der Waals surface area contributed by atoms with Gasteiger partial charge in [0.2, 0.25) is 0 Å². The van der Waals surface area contributed by atoms with Gasteiger partial charge in [-0.3, -0.25) is 0 Å². The molecule has 0 saturated heterocycles. The smallest absolute Gasteiger partial charge is 0.136 e. The number of para-hydroxylation sites is 2. The number of aromatic nitrogens is 1. The maximum absolute atomic E-state index is 6.32. The molecule has 51 heavy (non-hydrogen) atoms. The van der Waals surface area contributed by atoms with Gasteiger partial charge in [-0.1, -0.05) is 140 Å². The van der Waals surface area contributed by atoms with Crippen LogP contribution in [0, 0.1) is 0 Å². The molecule has 2 aromatic heterocycles. The summed E-state index contributed by atoms with van der Waals surface area (Å²) in [5.74, 6) is 0. The van der Waals surface area contributed by atoms with Crippen molar-refractivity contribution in [1.82, 2.24) is 4.57 Å². The third-order valence-corrected chi connectivity index (χ3v) is 11.6. The summed E-state index contributed by atoms with van der Waals surface area (Å²) >= 11 is 0. The molecule has 2 aliphatic carbocycles. The monoisotopic (exact) mass is 647 g/mol. The fourth-order valence-corrected chi connectivity index (χ4v) is 9.64. The quantitative estimate of drug-likeness (QED) is 0.183. The number of hydrogen-bond acceptors (Lipinski definition) is 1. The molecule has 0 atom stereocenters. The fourth-order valence-electron chi connectivity index (χ4n) is 9.64. The van der Waals surface area contributed by atoms with E-state index in [1.165, 1.54) is 77.4 Å². The summed E-state index contributed by atoms with van der Waals surface area (Å²) in [5, 5.41) is 4.70. The van der Waals surface area contributed by atoms with Crippen LogP contribution in [0.5, 0.6) is 0 Å². The van der Waals surface area contributed by atoms with E-state index in [4.69, 9.17) is 4.42 Å². The minimum absolute atomic E-state index is 0.347. The van der Waals surface area contributed by atoms with Crippen molar-refractivity contribution < 1.29 is 4.42 Å². The van der Waals surface area contributed by atoms with Crippen molar-refractivity contribution in [3.8, 4) is 39.1 Å². The Morgan fingerprint density at radius 2 is 0.961 bits per heavy atom. The Kier molecular flexibility index (Phi) is 5.20. The molecule has 2 nitrogen and oxygen atoms in total. The van der Waals surface area contributed by atoms with Crippen LogP contribution in [-0.4, -0.2) is 4.57 Å². The maximum Gasteiger partial charge on any atom is 0.136 e. The lowest BCUT2D eigenvalue weighted by Crippen LogP contribution is -2.25. The van der Waals surface area contributed by atoms with E-state index >= 15 is 0 Å². The van der Waals surface area contributed by atoms with E-state index in [0.717, 1.165) is 27.6 Å². The second kappa shape index (κ2) is 9.74. The SMILES string of the molecule is c1ccc2c(c1)-c1ccccc1C21c2ccccc2-c2c(-c3ccc(-n4c5ccccc5c5cc6oc7ccccc7c6cc54)cc3)cccc21. The molecule has 0 N–H and O–H groups in total. The van der Waals surface area contributed by atoms with Gasteiger partial charge in [0, 0.05) is 27.2 Å². The normalized spacial score (nSPS) is 13.6. The molecule has 2 aliphatic rings. The van der Waals surface area contributed by atoms with Gasteiger partial charge in [0.05, 0.1) is 16.4 Å². The first-order valence-corrected chi connectivity index (χ1v) is 17.7. The Bertz CT molecular complexity index is 3040. The van der Waals surface area contributed by atoms with Crippen molar-refractivity contribution >= 4 is 43.7 Å². The third-order valence-electron chi connectivity index (χ3n) is 11.6. The summed E-state index contributed by atoms with van der Waals surface area (Å²) in [5.41, 5.74) is 18.3. The predicted octanol–water partition coefficient (Wildman–Crippen LogP) is 12.7. The molecule has 2 heteroatoms. The minimum atomic E-state index is -0.347. The number of rotatable bonds is 2. The molecular weight excluding hydrogens is 619 g/mol. The molecule has 0 unspecified atom stereocenters. The molecular formula is C49H29NO. The summed E-state index contributed by atoms with van der Waals surface area (Å²) in [6.07, 6.45) is 0. The second-order valence-corrected chi connectivity index (χ2v) is 14.0. The highest BCUT2D eigenvalue weighted by molar-refractivity contribution is 6.17. The zero-order valence-electron chi connectivity index (χ0n) is 27.6. The van der Waals surface area contributed by atoms with Gasteiger partial charge in [0.15, 0.2) is 0 Å². The lowest BCUT2D eigenvalue weighted by atomic mass is 9.70. The van der Waals surface area contributed by atoms with Crippen LogP contribution in [0.15, 0.2) is 180 Å². The van der Waals surface area contributed by atoms with Crippen LogP contribution in [0.1, 0.15) is 22.3 Å². The molecule has 12 rings (SSSR count). The van der Waals surface area contributed by atoms with Gasteiger partial charge in [-0.25, -0.2) is 0 Å². The number of benzene rings is 8. The summed E-state index contributed by atoms with van der Waals surface area (Å²) in [6, 6.07) is 64.7. The van der Waals surface area contributed by atoms with Crippen LogP contribution in [0.25, 0.3) is 82.8 Å². The molecule has 2 heterocycles. The first kappa shape index (κ1) is 27.2. The van der Waals surface area contributed by atoms with Gasteiger partial charge >= 0.3 is 0 Å². The van der Waals surface area contributed by atoms with Crippen molar-refractivity contribution in [3.05, 3.63) is 198 Å². The van der Waals surface area contributed by atoms with Gasteiger partial charge in [-0.05, 0) is 92.0 Å². The van der Waals surface area contributed by atoms with E-state index < -0.39 is 0 Å². The van der Waals surface area contributed by atoms with E-state index in [0.29, 0.717) is 0 Å². The molecule has 10 aromatic rings. The fraction of sp³-hybridized carbons (Fsp3) is 0.0204. The van der Waals surface area contributed by atoms with Crippen LogP contribution < -0.4 is 0 Å². The van der Waals surface area contributed by atoms with Gasteiger partial charge in [0.25, 0.3) is 0 Å². The van der Waals surface area contributed by atoms with E-state index in [-0.39, 0.29) is 5.41 Å². The number of fused-ring (bicyclic) bond motifs is 16. The van der Waals surface area contributed by atoms with Gasteiger partial charge in [-0.2, -0.15) is 0 Å². The lowest BCUT2D eigenvalue weighted by molar-refractivity contribution is 0.669. The van der Waals surface area contributed by atoms with Crippen LogP contribution >= 0.6 is 0 Å². The molecule has 0 aliphatic heterocycles. The van der Waals surface area contributed by atoms with Crippen molar-refractivity contribution in [2.24, 2.45) is 0 Å². The lowest BCUT2D eigenvalue weighted by Gasteiger charge is -2.30. The Labute approximate surface area is 294 Å². The average molecular weight is 648 g/mol. The molecule has 0 bridgehead atoms. The third kappa shape index (κ3) is 3.37. The summed E-state index contributed by atoms with van der Waals surface area (Å²) < 4.78 is 8.72. The minimum Gasteiger partial charge on any atom is -0.456 e. The Morgan fingerprint density at radius 1 is 0.373 bits per heavy atom. The molecule has 0 amide bonds. The Morgan fingerprint density at radius 3 is 1.73 bits per heavy atom.